The van der Waals surface area contributed by atoms with Crippen molar-refractivity contribution in [1.29, 1.82) is 0 Å². The van der Waals surface area contributed by atoms with Crippen LogP contribution in [-0.2, 0) is 19.9 Å². The predicted molar refractivity (Wildman–Crippen MR) is 242 cm³/mol. The number of unbranched alkanes of at least 4 members (excludes halogenated alkanes) is 14. The van der Waals surface area contributed by atoms with Gasteiger partial charge in [-0.1, -0.05) is 170 Å². The molecule has 0 radical (unpaired) electrons. The molecule has 0 fully saturated rings. The van der Waals surface area contributed by atoms with Gasteiger partial charge in [-0.15, -0.1) is 0 Å². The number of benzene rings is 3. The SMILES string of the molecule is CCCCCCCCCCCCNNCC(=O)O.COc1ccc(C(OCCCCCCCCC(CCCNNP(O)O)OC)(c2ccccc2)c2ccccc2)cc1. The van der Waals surface area contributed by atoms with E-state index in [2.05, 4.69) is 89.1 Å². The van der Waals surface area contributed by atoms with Crippen LogP contribution >= 0.6 is 8.53 Å². The Morgan fingerprint density at radius 1 is 0.610 bits per heavy atom. The molecule has 12 heteroatoms. The number of carbonyl (C=O) groups is 1. The third-order valence-corrected chi connectivity index (χ3v) is 10.8. The highest BCUT2D eigenvalue weighted by Crippen LogP contribution is 2.41. The van der Waals surface area contributed by atoms with Crippen LogP contribution in [-0.4, -0.2) is 67.4 Å². The van der Waals surface area contributed by atoms with Crippen molar-refractivity contribution in [3.05, 3.63) is 102 Å². The van der Waals surface area contributed by atoms with Crippen molar-refractivity contribution in [2.75, 3.05) is 40.5 Å². The molecule has 0 aliphatic rings. The fraction of sp³-hybridized carbons (Fsp3) is 0.596. The summed E-state index contributed by atoms with van der Waals surface area (Å²) in [7, 11) is 1.36. The van der Waals surface area contributed by atoms with Gasteiger partial charge in [-0.2, -0.15) is 5.20 Å². The van der Waals surface area contributed by atoms with Crippen LogP contribution in [0.15, 0.2) is 84.9 Å². The number of nitrogens with one attached hydrogen (secondary N) is 4. The molecule has 0 bridgehead atoms. The van der Waals surface area contributed by atoms with Crippen molar-refractivity contribution >= 4 is 14.5 Å². The summed E-state index contributed by atoms with van der Waals surface area (Å²) >= 11 is 0. The number of carboxylic acids is 1. The van der Waals surface area contributed by atoms with Crippen LogP contribution < -0.4 is 26.2 Å². The van der Waals surface area contributed by atoms with E-state index in [1.165, 1.54) is 77.0 Å². The summed E-state index contributed by atoms with van der Waals surface area (Å²) < 4.78 is 18.0. The van der Waals surface area contributed by atoms with Gasteiger partial charge in [-0.25, -0.2) is 5.43 Å². The molecule has 1 unspecified atom stereocenters. The van der Waals surface area contributed by atoms with Gasteiger partial charge < -0.3 is 29.1 Å². The molecule has 0 saturated heterocycles. The molecule has 0 heterocycles. The lowest BCUT2D eigenvalue weighted by Crippen LogP contribution is -2.36. The summed E-state index contributed by atoms with van der Waals surface area (Å²) in [6.07, 6.45) is 23.3. The van der Waals surface area contributed by atoms with E-state index in [0.29, 0.717) is 13.2 Å². The quantitative estimate of drug-likeness (QED) is 0.0131. The number of hydrogen-bond acceptors (Lipinski definition) is 10. The highest BCUT2D eigenvalue weighted by Gasteiger charge is 2.37. The molecule has 0 saturated carbocycles. The molecular weight excluding hydrogens is 764 g/mol. The first-order valence-electron chi connectivity index (χ1n) is 22.1. The molecule has 3 rings (SSSR count). The molecule has 7 N–H and O–H groups in total. The van der Waals surface area contributed by atoms with E-state index >= 15 is 0 Å². The molecule has 332 valence electrons. The number of aliphatic carboxylic acids is 1. The maximum absolute atomic E-state index is 10.2. The Kier molecular flexibility index (Phi) is 30.7. The van der Waals surface area contributed by atoms with Gasteiger partial charge in [0.1, 0.15) is 17.9 Å². The second-order valence-corrected chi connectivity index (χ2v) is 15.9. The van der Waals surface area contributed by atoms with Gasteiger partial charge in [0, 0.05) is 26.8 Å². The standard InChI is InChI=1S/C33H47N2O5P.C14H30N2O2/c1-38-31(21-15-26-34-35-41(36)37)20-13-5-3-4-6-14-27-40-33(28-16-9-7-10-17-28,29-18-11-8-12-19-29)30-22-24-32(39-2)25-23-30;1-2-3-4-5-6-7-8-9-10-11-12-15-16-13-14(17)18/h7-12,16-19,22-25,31,34-37H,3-6,13-15,20-21,26-27H2,1-2H3;15-16H,2-13H2,1H3,(H,17,18). The average Bonchev–Trinajstić information content (AvgIpc) is 3.26. The van der Waals surface area contributed by atoms with E-state index in [1.807, 2.05) is 24.3 Å². The fourth-order valence-corrected chi connectivity index (χ4v) is 7.43. The van der Waals surface area contributed by atoms with E-state index in [1.54, 1.807) is 14.2 Å². The van der Waals surface area contributed by atoms with E-state index in [9.17, 15) is 4.79 Å². The molecule has 59 heavy (non-hydrogen) atoms. The Hall–Kier alpha value is -2.96. The van der Waals surface area contributed by atoms with Gasteiger partial charge in [-0.05, 0) is 60.9 Å². The van der Waals surface area contributed by atoms with Gasteiger partial charge in [0.25, 0.3) is 8.53 Å². The van der Waals surface area contributed by atoms with Crippen LogP contribution in [0.2, 0.25) is 0 Å². The molecular formula is C47H77N4O7P. The lowest BCUT2D eigenvalue weighted by atomic mass is 9.80. The Balaban J connectivity index is 0.000000561. The summed E-state index contributed by atoms with van der Waals surface area (Å²) in [4.78, 5) is 27.9. The van der Waals surface area contributed by atoms with Gasteiger partial charge in [-0.3, -0.25) is 15.6 Å². The first-order valence-corrected chi connectivity index (χ1v) is 23.4. The number of ether oxygens (including phenoxy) is 3. The molecule has 0 aliphatic heterocycles. The van der Waals surface area contributed by atoms with Crippen molar-refractivity contribution in [3.63, 3.8) is 0 Å². The van der Waals surface area contributed by atoms with Gasteiger partial charge in [0.2, 0.25) is 0 Å². The molecule has 0 aliphatic carbocycles. The third kappa shape index (κ3) is 23.6. The van der Waals surface area contributed by atoms with Crippen LogP contribution in [0.5, 0.6) is 5.75 Å². The Bertz CT molecular complexity index is 1370. The monoisotopic (exact) mass is 841 g/mol. The van der Waals surface area contributed by atoms with Gasteiger partial charge >= 0.3 is 5.97 Å². The Morgan fingerprint density at radius 2 is 1.10 bits per heavy atom. The Morgan fingerprint density at radius 3 is 1.63 bits per heavy atom. The molecule has 0 spiro atoms. The first-order chi connectivity index (χ1) is 28.9. The number of methoxy groups -OCH3 is 2. The van der Waals surface area contributed by atoms with Crippen molar-refractivity contribution in [3.8, 4) is 5.75 Å². The second-order valence-electron chi connectivity index (χ2n) is 15.1. The molecule has 0 amide bonds. The molecule has 0 aromatic heterocycles. The molecule has 11 nitrogen and oxygen atoms in total. The predicted octanol–water partition coefficient (Wildman–Crippen LogP) is 9.92. The molecule has 3 aromatic carbocycles. The van der Waals surface area contributed by atoms with Crippen LogP contribution in [0, 0.1) is 0 Å². The van der Waals surface area contributed by atoms with E-state index < -0.39 is 20.1 Å². The number of hydrogen-bond donors (Lipinski definition) is 7. The normalized spacial score (nSPS) is 12.0. The van der Waals surface area contributed by atoms with Crippen molar-refractivity contribution in [2.24, 2.45) is 0 Å². The van der Waals surface area contributed by atoms with Crippen molar-refractivity contribution < 1.29 is 33.9 Å². The van der Waals surface area contributed by atoms with Gasteiger partial charge in [0.05, 0.1) is 13.2 Å². The minimum atomic E-state index is -2.10. The molecule has 3 aromatic rings. The van der Waals surface area contributed by atoms with Crippen LogP contribution in [0.25, 0.3) is 0 Å². The van der Waals surface area contributed by atoms with Crippen LogP contribution in [0.1, 0.15) is 146 Å². The zero-order valence-corrected chi connectivity index (χ0v) is 37.2. The highest BCUT2D eigenvalue weighted by molar-refractivity contribution is 7.42. The maximum atomic E-state index is 10.2. The minimum Gasteiger partial charge on any atom is -0.497 e. The lowest BCUT2D eigenvalue weighted by Gasteiger charge is -2.36. The third-order valence-electron chi connectivity index (χ3n) is 10.5. The van der Waals surface area contributed by atoms with Crippen LogP contribution in [0.3, 0.4) is 0 Å². The smallest absolute Gasteiger partial charge is 0.318 e. The second kappa shape index (κ2) is 34.7. The fourth-order valence-electron chi connectivity index (χ4n) is 7.18. The molecule has 1 atom stereocenters. The van der Waals surface area contributed by atoms with Crippen molar-refractivity contribution in [2.45, 2.75) is 141 Å². The average molecular weight is 841 g/mol. The lowest BCUT2D eigenvalue weighted by molar-refractivity contribution is -0.136. The van der Waals surface area contributed by atoms with Gasteiger partial charge in [0.15, 0.2) is 0 Å². The largest absolute Gasteiger partial charge is 0.497 e. The highest BCUT2D eigenvalue weighted by atomic mass is 31.2. The topological polar surface area (TPSA) is 154 Å². The zero-order valence-electron chi connectivity index (χ0n) is 36.3. The summed E-state index contributed by atoms with van der Waals surface area (Å²) in [5.41, 5.74) is 11.0. The summed E-state index contributed by atoms with van der Waals surface area (Å²) in [6, 6.07) is 29.2. The van der Waals surface area contributed by atoms with E-state index in [0.717, 1.165) is 73.9 Å². The Labute approximate surface area is 357 Å². The van der Waals surface area contributed by atoms with Crippen molar-refractivity contribution in [1.82, 2.24) is 21.5 Å². The first kappa shape index (κ1) is 52.2. The summed E-state index contributed by atoms with van der Waals surface area (Å²) in [5.74, 6) is -0.0000959. The summed E-state index contributed by atoms with van der Waals surface area (Å²) in [6.45, 7) is 4.43. The van der Waals surface area contributed by atoms with E-state index in [4.69, 9.17) is 29.1 Å². The number of carboxylic acid groups (broad SMARTS) is 1. The van der Waals surface area contributed by atoms with Crippen LogP contribution in [0.4, 0.5) is 0 Å². The summed E-state index contributed by atoms with van der Waals surface area (Å²) in [5, 5.41) is 10.8. The maximum Gasteiger partial charge on any atom is 0.318 e. The number of hydrazine groups is 2. The van der Waals surface area contributed by atoms with E-state index in [-0.39, 0.29) is 12.6 Å². The zero-order chi connectivity index (χ0) is 42.7. The minimum absolute atomic E-state index is 0.0161. The number of rotatable bonds is 35.